The predicted molar refractivity (Wildman–Crippen MR) is 148 cm³/mol. The van der Waals surface area contributed by atoms with Gasteiger partial charge in [-0.25, -0.2) is 5.43 Å². The Labute approximate surface area is 224 Å². The zero-order valence-corrected chi connectivity index (χ0v) is 20.9. The lowest BCUT2D eigenvalue weighted by Crippen LogP contribution is -2.37. The number of nitro groups is 1. The minimum atomic E-state index is -0.428. The lowest BCUT2D eigenvalue weighted by Gasteiger charge is -2.27. The molecule has 39 heavy (non-hydrogen) atoms. The molecule has 1 aliphatic heterocycles. The second kappa shape index (κ2) is 12.4. The van der Waals surface area contributed by atoms with Crippen molar-refractivity contribution in [1.82, 2.24) is 15.0 Å². The molecule has 12 heteroatoms. The van der Waals surface area contributed by atoms with Crippen LogP contribution in [-0.2, 0) is 11.3 Å². The van der Waals surface area contributed by atoms with E-state index in [2.05, 4.69) is 30.8 Å². The molecule has 0 bridgehead atoms. The van der Waals surface area contributed by atoms with Crippen LogP contribution in [-0.4, -0.2) is 52.4 Å². The highest BCUT2D eigenvalue weighted by Gasteiger charge is 2.16. The third-order valence-electron chi connectivity index (χ3n) is 5.74. The number of aromatic nitrogens is 3. The van der Waals surface area contributed by atoms with E-state index in [0.717, 1.165) is 16.8 Å². The van der Waals surface area contributed by atoms with Gasteiger partial charge in [-0.2, -0.15) is 20.1 Å². The zero-order valence-electron chi connectivity index (χ0n) is 20.9. The van der Waals surface area contributed by atoms with E-state index >= 15 is 0 Å². The van der Waals surface area contributed by atoms with E-state index < -0.39 is 4.92 Å². The van der Waals surface area contributed by atoms with Crippen LogP contribution in [0.15, 0.2) is 84.0 Å². The third kappa shape index (κ3) is 7.23. The molecule has 0 amide bonds. The van der Waals surface area contributed by atoms with Gasteiger partial charge in [0, 0.05) is 30.9 Å². The number of anilines is 4. The average molecular weight is 527 g/mol. The Hall–Kier alpha value is -5.10. The van der Waals surface area contributed by atoms with Crippen molar-refractivity contribution in [2.45, 2.75) is 6.61 Å². The molecule has 1 fully saturated rings. The second-order valence-electron chi connectivity index (χ2n) is 8.53. The third-order valence-corrected chi connectivity index (χ3v) is 5.74. The predicted octanol–water partition coefficient (Wildman–Crippen LogP) is 4.39. The van der Waals surface area contributed by atoms with E-state index in [1.54, 1.807) is 18.3 Å². The summed E-state index contributed by atoms with van der Waals surface area (Å²) in [6, 6.07) is 23.3. The van der Waals surface area contributed by atoms with E-state index in [4.69, 9.17) is 9.47 Å². The molecule has 5 rings (SSSR count). The Balaban J connectivity index is 1.25. The van der Waals surface area contributed by atoms with Gasteiger partial charge in [-0.15, -0.1) is 0 Å². The van der Waals surface area contributed by atoms with Crippen LogP contribution in [0.3, 0.4) is 0 Å². The molecule has 12 nitrogen and oxygen atoms in total. The fraction of sp³-hybridized carbons (Fsp3) is 0.185. The smallest absolute Gasteiger partial charge is 0.269 e. The number of hydrogen-bond donors (Lipinski definition) is 2. The van der Waals surface area contributed by atoms with Gasteiger partial charge in [0.25, 0.3) is 5.69 Å². The molecule has 1 aromatic heterocycles. The van der Waals surface area contributed by atoms with Crippen LogP contribution >= 0.6 is 0 Å². The van der Waals surface area contributed by atoms with Gasteiger partial charge in [0.15, 0.2) is 0 Å². The largest absolute Gasteiger partial charge is 0.489 e. The summed E-state index contributed by atoms with van der Waals surface area (Å²) in [6.45, 7) is 2.87. The van der Waals surface area contributed by atoms with Crippen molar-refractivity contribution < 1.29 is 14.4 Å². The van der Waals surface area contributed by atoms with E-state index in [1.807, 2.05) is 59.5 Å². The molecule has 2 N–H and O–H groups in total. The zero-order chi connectivity index (χ0) is 26.9. The number of non-ortho nitro benzene ring substituents is 1. The number of para-hydroxylation sites is 1. The Morgan fingerprint density at radius 3 is 2.51 bits per heavy atom. The van der Waals surface area contributed by atoms with Gasteiger partial charge in [-0.1, -0.05) is 30.3 Å². The van der Waals surface area contributed by atoms with E-state index in [1.165, 1.54) is 12.1 Å². The van der Waals surface area contributed by atoms with Gasteiger partial charge in [0.05, 0.1) is 24.4 Å². The molecule has 1 aliphatic rings. The van der Waals surface area contributed by atoms with Crippen LogP contribution in [0, 0.1) is 10.1 Å². The number of ether oxygens (including phenoxy) is 2. The fourth-order valence-electron chi connectivity index (χ4n) is 3.76. The lowest BCUT2D eigenvalue weighted by atomic mass is 10.2. The van der Waals surface area contributed by atoms with Crippen molar-refractivity contribution in [2.75, 3.05) is 41.9 Å². The number of rotatable bonds is 10. The van der Waals surface area contributed by atoms with E-state index in [0.29, 0.717) is 49.9 Å². The highest BCUT2D eigenvalue weighted by molar-refractivity contribution is 5.80. The normalized spacial score (nSPS) is 13.3. The van der Waals surface area contributed by atoms with Crippen LogP contribution in [0.25, 0.3) is 0 Å². The quantitative estimate of drug-likeness (QED) is 0.174. The number of benzene rings is 3. The molecule has 3 aromatic carbocycles. The Bertz CT molecular complexity index is 1430. The molecule has 1 saturated heterocycles. The van der Waals surface area contributed by atoms with Gasteiger partial charge < -0.3 is 19.7 Å². The Morgan fingerprint density at radius 2 is 1.74 bits per heavy atom. The summed E-state index contributed by atoms with van der Waals surface area (Å²) in [5.74, 6) is 1.87. The van der Waals surface area contributed by atoms with Crippen LogP contribution in [0.4, 0.5) is 29.2 Å². The molecule has 0 atom stereocenters. The minimum Gasteiger partial charge on any atom is -0.489 e. The molecule has 0 unspecified atom stereocenters. The van der Waals surface area contributed by atoms with Crippen LogP contribution in [0.2, 0.25) is 0 Å². The SMILES string of the molecule is O=[N+]([O-])c1ccc(COc2cccc(C=NNc3nc(Nc4ccccc4)nc(N4CCOCC4)n3)c2)cc1. The maximum absolute atomic E-state index is 10.8. The van der Waals surface area contributed by atoms with Crippen LogP contribution in [0.5, 0.6) is 5.75 Å². The highest BCUT2D eigenvalue weighted by atomic mass is 16.6. The monoisotopic (exact) mass is 526 g/mol. The summed E-state index contributed by atoms with van der Waals surface area (Å²) in [5.41, 5.74) is 5.43. The number of hydrogen-bond acceptors (Lipinski definition) is 11. The van der Waals surface area contributed by atoms with Crippen molar-refractivity contribution in [2.24, 2.45) is 5.10 Å². The molecule has 0 aliphatic carbocycles. The first-order valence-electron chi connectivity index (χ1n) is 12.3. The van der Waals surface area contributed by atoms with Gasteiger partial charge in [-0.05, 0) is 47.5 Å². The van der Waals surface area contributed by atoms with E-state index in [-0.39, 0.29) is 12.3 Å². The summed E-state index contributed by atoms with van der Waals surface area (Å²) in [5, 5.41) is 18.3. The van der Waals surface area contributed by atoms with Crippen molar-refractivity contribution in [3.63, 3.8) is 0 Å². The maximum atomic E-state index is 10.8. The summed E-state index contributed by atoms with van der Waals surface area (Å²) in [7, 11) is 0. The summed E-state index contributed by atoms with van der Waals surface area (Å²) < 4.78 is 11.3. The first-order chi connectivity index (χ1) is 19.1. The second-order valence-corrected chi connectivity index (χ2v) is 8.53. The first kappa shape index (κ1) is 25.5. The molecular weight excluding hydrogens is 500 g/mol. The lowest BCUT2D eigenvalue weighted by molar-refractivity contribution is -0.384. The number of nitro benzene ring substituents is 1. The molecule has 198 valence electrons. The van der Waals surface area contributed by atoms with Crippen molar-refractivity contribution in [3.05, 3.63) is 100 Å². The number of nitrogens with one attached hydrogen (secondary N) is 2. The Morgan fingerprint density at radius 1 is 0.974 bits per heavy atom. The summed E-state index contributed by atoms with van der Waals surface area (Å²) in [6.07, 6.45) is 1.64. The van der Waals surface area contributed by atoms with Gasteiger partial charge in [-0.3, -0.25) is 10.1 Å². The number of morpholine rings is 1. The maximum Gasteiger partial charge on any atom is 0.269 e. The standard InChI is InChI=1S/C27H26N8O4/c36-35(37)23-11-9-20(10-12-23)19-39-24-8-4-5-21(17-24)18-28-33-26-30-25(29-22-6-2-1-3-7-22)31-27(32-26)34-13-15-38-16-14-34/h1-12,17-18H,13-16,19H2,(H2,29,30,31,32,33). The van der Waals surface area contributed by atoms with Crippen molar-refractivity contribution in [1.29, 1.82) is 0 Å². The molecular formula is C27H26N8O4. The first-order valence-corrected chi connectivity index (χ1v) is 12.3. The molecule has 2 heterocycles. The van der Waals surface area contributed by atoms with Crippen LogP contribution in [0.1, 0.15) is 11.1 Å². The summed E-state index contributed by atoms with van der Waals surface area (Å²) in [4.78, 5) is 26.0. The van der Waals surface area contributed by atoms with Gasteiger partial charge >= 0.3 is 0 Å². The molecule has 0 saturated carbocycles. The summed E-state index contributed by atoms with van der Waals surface area (Å²) >= 11 is 0. The topological polar surface area (TPSA) is 140 Å². The fourth-order valence-corrected chi connectivity index (χ4v) is 3.76. The van der Waals surface area contributed by atoms with E-state index in [9.17, 15) is 10.1 Å². The Kier molecular flexibility index (Phi) is 8.14. The van der Waals surface area contributed by atoms with Gasteiger partial charge in [0.1, 0.15) is 12.4 Å². The van der Waals surface area contributed by atoms with Gasteiger partial charge in [0.2, 0.25) is 17.8 Å². The highest BCUT2D eigenvalue weighted by Crippen LogP contribution is 2.19. The molecule has 0 spiro atoms. The average Bonchev–Trinajstić information content (AvgIpc) is 2.97. The van der Waals surface area contributed by atoms with Crippen molar-refractivity contribution in [3.8, 4) is 5.75 Å². The van der Waals surface area contributed by atoms with Crippen molar-refractivity contribution >= 4 is 35.4 Å². The minimum absolute atomic E-state index is 0.0441. The van der Waals surface area contributed by atoms with Crippen LogP contribution < -0.4 is 20.4 Å². The number of hydrazone groups is 1. The number of nitrogens with zero attached hydrogens (tertiary/aromatic N) is 6. The molecule has 0 radical (unpaired) electrons. The molecule has 4 aromatic rings.